The molecule has 32 heavy (non-hydrogen) atoms. The zero-order valence-corrected chi connectivity index (χ0v) is 18.0. The number of nitrogens with zero attached hydrogens (tertiary/aromatic N) is 4. The Morgan fingerprint density at radius 3 is 2.62 bits per heavy atom. The third kappa shape index (κ3) is 3.63. The molecule has 0 radical (unpaired) electrons. The minimum atomic E-state index is -3.74. The largest absolute Gasteiger partial charge is 0.387 e. The summed E-state index contributed by atoms with van der Waals surface area (Å²) in [6.45, 7) is 9.99. The Bertz CT molecular complexity index is 1240. The molecule has 166 valence electrons. The van der Waals surface area contributed by atoms with Crippen molar-refractivity contribution in [2.45, 2.75) is 50.3 Å². The molecular formula is C22H19ClF3N5O. The molecule has 0 bridgehead atoms. The molecule has 6 nitrogen and oxygen atoms in total. The van der Waals surface area contributed by atoms with Gasteiger partial charge >= 0.3 is 5.92 Å². The lowest BCUT2D eigenvalue weighted by Crippen LogP contribution is -2.29. The average Bonchev–Trinajstić information content (AvgIpc) is 3.54. The zero-order valence-electron chi connectivity index (χ0n) is 17.2. The van der Waals surface area contributed by atoms with Gasteiger partial charge in [-0.3, -0.25) is 0 Å². The van der Waals surface area contributed by atoms with Crippen LogP contribution in [0.25, 0.3) is 15.9 Å². The van der Waals surface area contributed by atoms with Crippen molar-refractivity contribution in [3.05, 3.63) is 69.7 Å². The first-order valence-corrected chi connectivity index (χ1v) is 10.3. The molecule has 0 amide bonds. The fraction of sp³-hybridized carbons (Fsp3) is 0.364. The summed E-state index contributed by atoms with van der Waals surface area (Å²) in [7, 11) is 0. The van der Waals surface area contributed by atoms with Crippen LogP contribution in [-0.4, -0.2) is 26.2 Å². The molecule has 2 atom stereocenters. The standard InChI is InChI=1S/C22H19ClF3N5O/c1-11(13-5-4-6-15(17(13)24)22(25,26)12(2)32)30-19-14-9-16(21(27-3)7-8-21)18(23)31-20(14)29-10-28-19/h4-6,9-12,32H,7-8H2,1-2H3,(H,28,29,30,31)/t11-,12-/m1/s1. The van der Waals surface area contributed by atoms with E-state index in [0.717, 1.165) is 13.0 Å². The molecule has 1 fully saturated rings. The molecule has 1 aromatic carbocycles. The van der Waals surface area contributed by atoms with Crippen molar-refractivity contribution in [2.75, 3.05) is 5.32 Å². The summed E-state index contributed by atoms with van der Waals surface area (Å²) in [5.74, 6) is -4.54. The number of hydrogen-bond acceptors (Lipinski definition) is 5. The lowest BCUT2D eigenvalue weighted by Gasteiger charge is -2.23. The minimum absolute atomic E-state index is 0.0171. The first-order chi connectivity index (χ1) is 15.1. The first kappa shape index (κ1) is 22.2. The molecule has 1 aliphatic rings. The number of hydrogen-bond donors (Lipinski definition) is 2. The Kier molecular flexibility index (Phi) is 5.47. The predicted molar refractivity (Wildman–Crippen MR) is 114 cm³/mol. The van der Waals surface area contributed by atoms with Gasteiger partial charge in [0.1, 0.15) is 29.2 Å². The van der Waals surface area contributed by atoms with Crippen LogP contribution in [0, 0.1) is 12.4 Å². The highest BCUT2D eigenvalue weighted by atomic mass is 35.5. The van der Waals surface area contributed by atoms with E-state index in [4.69, 9.17) is 18.2 Å². The summed E-state index contributed by atoms with van der Waals surface area (Å²) in [6.07, 6.45) is 0.557. The summed E-state index contributed by atoms with van der Waals surface area (Å²) in [6, 6.07) is 4.60. The normalized spacial score (nSPS) is 16.9. The highest BCUT2D eigenvalue weighted by Crippen LogP contribution is 2.52. The van der Waals surface area contributed by atoms with E-state index in [9.17, 15) is 18.3 Å². The summed E-state index contributed by atoms with van der Waals surface area (Å²) in [5.41, 5.74) is -0.730. The fourth-order valence-corrected chi connectivity index (χ4v) is 3.93. The van der Waals surface area contributed by atoms with E-state index in [1.54, 1.807) is 13.0 Å². The number of alkyl halides is 2. The van der Waals surface area contributed by atoms with Crippen molar-refractivity contribution in [3.63, 3.8) is 0 Å². The number of aliphatic hydroxyl groups excluding tert-OH is 1. The Balaban J connectivity index is 1.73. The highest BCUT2D eigenvalue weighted by Gasteiger charge is 2.54. The summed E-state index contributed by atoms with van der Waals surface area (Å²) in [5, 5.41) is 13.1. The van der Waals surface area contributed by atoms with Crippen molar-refractivity contribution < 1.29 is 18.3 Å². The second kappa shape index (κ2) is 7.87. The SMILES string of the molecule is [C-]#[N+]C1(c2cc3c(N[C@H](C)c4cccc(C(F)(F)[C@@H](C)O)c4F)ncnc3nc2Cl)CC1. The monoisotopic (exact) mass is 461 g/mol. The average molecular weight is 462 g/mol. The number of halogens is 4. The van der Waals surface area contributed by atoms with E-state index in [-0.39, 0.29) is 10.7 Å². The molecule has 1 aliphatic carbocycles. The van der Waals surface area contributed by atoms with Crippen LogP contribution in [0.4, 0.5) is 19.0 Å². The summed E-state index contributed by atoms with van der Waals surface area (Å²) < 4.78 is 43.5. The van der Waals surface area contributed by atoms with Crippen LogP contribution in [0.3, 0.4) is 0 Å². The summed E-state index contributed by atoms with van der Waals surface area (Å²) >= 11 is 6.29. The van der Waals surface area contributed by atoms with Crippen molar-refractivity contribution in [2.24, 2.45) is 0 Å². The van der Waals surface area contributed by atoms with Crippen LogP contribution in [0.2, 0.25) is 5.15 Å². The number of aromatic nitrogens is 3. The van der Waals surface area contributed by atoms with Gasteiger partial charge in [-0.25, -0.2) is 25.9 Å². The lowest BCUT2D eigenvalue weighted by molar-refractivity contribution is -0.108. The van der Waals surface area contributed by atoms with Gasteiger partial charge in [0, 0.05) is 18.4 Å². The third-order valence-electron chi connectivity index (χ3n) is 5.75. The van der Waals surface area contributed by atoms with Crippen LogP contribution in [0.1, 0.15) is 49.4 Å². The van der Waals surface area contributed by atoms with E-state index in [1.165, 1.54) is 18.5 Å². The van der Waals surface area contributed by atoms with E-state index >= 15 is 0 Å². The molecule has 1 saturated carbocycles. The Labute approximate surface area is 187 Å². The number of aliphatic hydroxyl groups is 1. The Hall–Kier alpha value is -2.96. The summed E-state index contributed by atoms with van der Waals surface area (Å²) in [4.78, 5) is 16.3. The maximum atomic E-state index is 15.0. The molecule has 0 unspecified atom stereocenters. The molecule has 10 heteroatoms. The first-order valence-electron chi connectivity index (χ1n) is 9.92. The second-order valence-corrected chi connectivity index (χ2v) is 8.30. The number of rotatable bonds is 6. The van der Waals surface area contributed by atoms with E-state index in [0.29, 0.717) is 35.3 Å². The second-order valence-electron chi connectivity index (χ2n) is 7.94. The van der Waals surface area contributed by atoms with Crippen LogP contribution >= 0.6 is 11.6 Å². The molecule has 0 saturated heterocycles. The molecule has 2 heterocycles. The van der Waals surface area contributed by atoms with Crippen molar-refractivity contribution in [3.8, 4) is 0 Å². The van der Waals surface area contributed by atoms with E-state index in [2.05, 4.69) is 25.1 Å². The number of pyridine rings is 1. The molecule has 3 aromatic rings. The zero-order chi connectivity index (χ0) is 23.3. The number of benzene rings is 1. The Morgan fingerprint density at radius 1 is 1.28 bits per heavy atom. The smallest absolute Gasteiger partial charge is 0.301 e. The van der Waals surface area contributed by atoms with Gasteiger partial charge in [-0.1, -0.05) is 23.7 Å². The molecular weight excluding hydrogens is 443 g/mol. The number of fused-ring (bicyclic) bond motifs is 1. The van der Waals surface area contributed by atoms with Crippen molar-refractivity contribution in [1.29, 1.82) is 0 Å². The quantitative estimate of drug-likeness (QED) is 0.381. The van der Waals surface area contributed by atoms with Gasteiger partial charge in [-0.15, -0.1) is 0 Å². The van der Waals surface area contributed by atoms with Gasteiger partial charge in [-0.2, -0.15) is 8.78 Å². The van der Waals surface area contributed by atoms with Gasteiger partial charge < -0.3 is 15.3 Å². The fourth-order valence-electron chi connectivity index (χ4n) is 3.62. The predicted octanol–water partition coefficient (Wildman–Crippen LogP) is 5.37. The van der Waals surface area contributed by atoms with Crippen LogP contribution in [0.5, 0.6) is 0 Å². The van der Waals surface area contributed by atoms with Crippen molar-refractivity contribution in [1.82, 2.24) is 15.0 Å². The molecule has 2 N–H and O–H groups in total. The van der Waals surface area contributed by atoms with Gasteiger partial charge in [-0.05, 0) is 26.0 Å². The van der Waals surface area contributed by atoms with Crippen molar-refractivity contribution >= 4 is 28.5 Å². The van der Waals surface area contributed by atoms with Gasteiger partial charge in [0.05, 0.1) is 22.6 Å². The van der Waals surface area contributed by atoms with E-state index in [1.807, 2.05) is 0 Å². The van der Waals surface area contributed by atoms with Crippen LogP contribution in [-0.2, 0) is 11.5 Å². The molecule has 4 rings (SSSR count). The maximum Gasteiger partial charge on any atom is 0.301 e. The maximum absolute atomic E-state index is 15.0. The van der Waals surface area contributed by atoms with Crippen LogP contribution < -0.4 is 5.32 Å². The molecule has 0 aliphatic heterocycles. The minimum Gasteiger partial charge on any atom is -0.387 e. The Morgan fingerprint density at radius 2 is 2.00 bits per heavy atom. The van der Waals surface area contributed by atoms with E-state index < -0.39 is 35.0 Å². The lowest BCUT2D eigenvalue weighted by atomic mass is 9.97. The molecule has 2 aromatic heterocycles. The third-order valence-corrected chi connectivity index (χ3v) is 6.04. The van der Waals surface area contributed by atoms with Gasteiger partial charge in [0.2, 0.25) is 0 Å². The number of anilines is 1. The van der Waals surface area contributed by atoms with Gasteiger partial charge in [0.25, 0.3) is 5.54 Å². The van der Waals surface area contributed by atoms with Crippen LogP contribution in [0.15, 0.2) is 30.6 Å². The molecule has 0 spiro atoms. The topological polar surface area (TPSA) is 75.3 Å². The highest BCUT2D eigenvalue weighted by molar-refractivity contribution is 6.30. The van der Waals surface area contributed by atoms with Gasteiger partial charge in [0.15, 0.2) is 5.65 Å². The number of nitrogens with one attached hydrogen (secondary N) is 1.